The van der Waals surface area contributed by atoms with Crippen molar-refractivity contribution in [2.24, 2.45) is 10.7 Å². The lowest BCUT2D eigenvalue weighted by Gasteiger charge is -2.08. The van der Waals surface area contributed by atoms with E-state index >= 15 is 0 Å². The molecule has 2 aliphatic rings. The van der Waals surface area contributed by atoms with E-state index in [9.17, 15) is 0 Å². The molecule has 1 heterocycles. The van der Waals surface area contributed by atoms with Gasteiger partial charge in [-0.3, -0.25) is 4.99 Å². The first-order valence-corrected chi connectivity index (χ1v) is 5.49. The molecule has 0 aromatic heterocycles. The maximum Gasteiger partial charge on any atom is 0.0791 e. The van der Waals surface area contributed by atoms with Crippen LogP contribution in [0.3, 0.4) is 0 Å². The molecule has 2 rings (SSSR count). The van der Waals surface area contributed by atoms with Crippen molar-refractivity contribution >= 4 is 6.21 Å². The molecule has 0 radical (unpaired) electrons. The van der Waals surface area contributed by atoms with Crippen molar-refractivity contribution < 1.29 is 0 Å². The fourth-order valence-corrected chi connectivity index (χ4v) is 1.98. The smallest absolute Gasteiger partial charge is 0.0791 e. The summed E-state index contributed by atoms with van der Waals surface area (Å²) in [5, 5.41) is 0. The van der Waals surface area contributed by atoms with Gasteiger partial charge in [0.2, 0.25) is 0 Å². The van der Waals surface area contributed by atoms with Crippen molar-refractivity contribution in [2.75, 3.05) is 0 Å². The minimum atomic E-state index is 0.837. The van der Waals surface area contributed by atoms with Gasteiger partial charge in [-0.05, 0) is 37.5 Å². The number of hydrogen-bond acceptors (Lipinski definition) is 2. The Bertz CT molecular complexity index is 489. The maximum atomic E-state index is 5.75. The highest BCUT2D eigenvalue weighted by Gasteiger charge is 2.12. The van der Waals surface area contributed by atoms with E-state index in [-0.39, 0.29) is 0 Å². The number of aliphatic imine (C=N–C) groups is 1. The van der Waals surface area contributed by atoms with Gasteiger partial charge in [0.1, 0.15) is 0 Å². The molecule has 1 aliphatic carbocycles. The highest BCUT2D eigenvalue weighted by Crippen LogP contribution is 2.29. The summed E-state index contributed by atoms with van der Waals surface area (Å²) >= 11 is 0. The number of nitrogens with two attached hydrogens (primary N) is 1. The van der Waals surface area contributed by atoms with Gasteiger partial charge in [-0.15, -0.1) is 0 Å². The van der Waals surface area contributed by atoms with E-state index in [0.717, 1.165) is 29.8 Å². The Hall–Kier alpha value is -1.79. The lowest BCUT2D eigenvalue weighted by Crippen LogP contribution is -1.97. The van der Waals surface area contributed by atoms with Crippen molar-refractivity contribution in [3.8, 4) is 0 Å². The SMILES string of the molecule is CC1=C=C2C=CC/C2=C(\C=C(\C)N)C/C=N\1. The molecule has 0 bridgehead atoms. The third kappa shape index (κ3) is 2.23. The van der Waals surface area contributed by atoms with Gasteiger partial charge in [0.25, 0.3) is 0 Å². The molecule has 0 saturated carbocycles. The van der Waals surface area contributed by atoms with Gasteiger partial charge in [-0.1, -0.05) is 17.9 Å². The number of allylic oxidation sites excluding steroid dienone is 7. The zero-order valence-electron chi connectivity index (χ0n) is 9.75. The molecule has 2 N–H and O–H groups in total. The standard InChI is InChI=1S/C14H16N2/c1-10(15)8-13-6-7-16-11(2)9-12-4-3-5-14(12)13/h3-4,7-8H,5-6,15H2,1-2H3/b10-8-,14-13+,16-7-. The van der Waals surface area contributed by atoms with Gasteiger partial charge in [0.15, 0.2) is 0 Å². The van der Waals surface area contributed by atoms with Crippen LogP contribution >= 0.6 is 0 Å². The van der Waals surface area contributed by atoms with Gasteiger partial charge < -0.3 is 5.73 Å². The Morgan fingerprint density at radius 2 is 2.31 bits per heavy atom. The molecule has 0 atom stereocenters. The first-order valence-electron chi connectivity index (χ1n) is 5.49. The van der Waals surface area contributed by atoms with Crippen molar-refractivity contribution in [1.82, 2.24) is 0 Å². The molecular formula is C14H16N2. The molecule has 2 nitrogen and oxygen atoms in total. The summed E-state index contributed by atoms with van der Waals surface area (Å²) in [6.07, 6.45) is 10.1. The largest absolute Gasteiger partial charge is 0.402 e. The van der Waals surface area contributed by atoms with E-state index in [1.807, 2.05) is 26.1 Å². The van der Waals surface area contributed by atoms with E-state index < -0.39 is 0 Å². The van der Waals surface area contributed by atoms with Crippen molar-refractivity contribution in [3.63, 3.8) is 0 Å². The fraction of sp³-hybridized carbons (Fsp3) is 0.286. The fourth-order valence-electron chi connectivity index (χ4n) is 1.98. The topological polar surface area (TPSA) is 38.4 Å². The molecule has 0 saturated heterocycles. The van der Waals surface area contributed by atoms with Crippen LogP contribution in [-0.4, -0.2) is 6.21 Å². The van der Waals surface area contributed by atoms with Crippen LogP contribution in [0.2, 0.25) is 0 Å². The van der Waals surface area contributed by atoms with Crippen molar-refractivity contribution in [1.29, 1.82) is 0 Å². The minimum absolute atomic E-state index is 0.837. The van der Waals surface area contributed by atoms with Crippen LogP contribution in [0.5, 0.6) is 0 Å². The molecule has 0 aromatic carbocycles. The van der Waals surface area contributed by atoms with Gasteiger partial charge in [-0.2, -0.15) is 0 Å². The number of fused-ring (bicyclic) bond motifs is 1. The van der Waals surface area contributed by atoms with Crippen LogP contribution in [-0.2, 0) is 0 Å². The second-order valence-corrected chi connectivity index (χ2v) is 4.14. The van der Waals surface area contributed by atoms with E-state index in [4.69, 9.17) is 5.73 Å². The average Bonchev–Trinajstić information content (AvgIpc) is 2.61. The molecule has 16 heavy (non-hydrogen) atoms. The van der Waals surface area contributed by atoms with Crippen LogP contribution in [0, 0.1) is 0 Å². The molecule has 0 unspecified atom stereocenters. The quantitative estimate of drug-likeness (QED) is 0.667. The first kappa shape index (κ1) is 10.7. The van der Waals surface area contributed by atoms with Crippen molar-refractivity contribution in [3.05, 3.63) is 52.1 Å². The van der Waals surface area contributed by atoms with Gasteiger partial charge in [0, 0.05) is 23.9 Å². The Labute approximate surface area is 96.3 Å². The maximum absolute atomic E-state index is 5.75. The van der Waals surface area contributed by atoms with Gasteiger partial charge in [-0.25, -0.2) is 0 Å². The predicted molar refractivity (Wildman–Crippen MR) is 68.0 cm³/mol. The summed E-state index contributed by atoms with van der Waals surface area (Å²) in [5.74, 6) is 0. The summed E-state index contributed by atoms with van der Waals surface area (Å²) in [5.41, 5.74) is 14.6. The molecule has 82 valence electrons. The molecule has 2 heteroatoms. The molecule has 1 aliphatic heterocycles. The highest BCUT2D eigenvalue weighted by atomic mass is 14.7. The average molecular weight is 212 g/mol. The lowest BCUT2D eigenvalue weighted by atomic mass is 9.98. The Morgan fingerprint density at radius 3 is 3.06 bits per heavy atom. The van der Waals surface area contributed by atoms with E-state index in [1.165, 1.54) is 11.1 Å². The molecular weight excluding hydrogens is 196 g/mol. The monoisotopic (exact) mass is 212 g/mol. The first-order chi connectivity index (χ1) is 7.66. The second kappa shape index (κ2) is 4.38. The second-order valence-electron chi connectivity index (χ2n) is 4.14. The van der Waals surface area contributed by atoms with Crippen LogP contribution < -0.4 is 5.73 Å². The van der Waals surface area contributed by atoms with Gasteiger partial charge >= 0.3 is 0 Å². The van der Waals surface area contributed by atoms with Crippen molar-refractivity contribution in [2.45, 2.75) is 26.7 Å². The lowest BCUT2D eigenvalue weighted by molar-refractivity contribution is 1.16. The van der Waals surface area contributed by atoms with Crippen LogP contribution in [0.15, 0.2) is 57.1 Å². The molecule has 0 fully saturated rings. The summed E-state index contributed by atoms with van der Waals surface area (Å²) in [4.78, 5) is 4.32. The Morgan fingerprint density at radius 1 is 1.50 bits per heavy atom. The Kier molecular flexibility index (Phi) is 2.93. The molecule has 0 aromatic rings. The van der Waals surface area contributed by atoms with Crippen LogP contribution in [0.4, 0.5) is 0 Å². The van der Waals surface area contributed by atoms with E-state index in [0.29, 0.717) is 0 Å². The summed E-state index contributed by atoms with van der Waals surface area (Å²) in [6.45, 7) is 3.89. The number of hydrogen-bond donors (Lipinski definition) is 1. The normalized spacial score (nSPS) is 26.8. The number of rotatable bonds is 1. The zero-order chi connectivity index (χ0) is 11.5. The van der Waals surface area contributed by atoms with Crippen LogP contribution in [0.1, 0.15) is 26.7 Å². The summed E-state index contributed by atoms with van der Waals surface area (Å²) in [7, 11) is 0. The zero-order valence-corrected chi connectivity index (χ0v) is 9.75. The number of nitrogens with zero attached hydrogens (tertiary/aromatic N) is 1. The van der Waals surface area contributed by atoms with E-state index in [2.05, 4.69) is 22.9 Å². The summed E-state index contributed by atoms with van der Waals surface area (Å²) < 4.78 is 0. The third-order valence-corrected chi connectivity index (χ3v) is 2.63. The van der Waals surface area contributed by atoms with Gasteiger partial charge in [0.05, 0.1) is 5.70 Å². The Balaban J connectivity index is 2.57. The van der Waals surface area contributed by atoms with Crippen LogP contribution in [0.25, 0.3) is 0 Å². The molecule has 0 spiro atoms. The highest BCUT2D eigenvalue weighted by molar-refractivity contribution is 5.67. The molecule has 0 amide bonds. The third-order valence-electron chi connectivity index (χ3n) is 2.63. The minimum Gasteiger partial charge on any atom is -0.402 e. The predicted octanol–water partition coefficient (Wildman–Crippen LogP) is 3.01. The summed E-state index contributed by atoms with van der Waals surface area (Å²) in [6, 6.07) is 0. The van der Waals surface area contributed by atoms with E-state index in [1.54, 1.807) is 0 Å².